The summed E-state index contributed by atoms with van der Waals surface area (Å²) >= 11 is 0. The lowest BCUT2D eigenvalue weighted by atomic mass is 9.69. The summed E-state index contributed by atoms with van der Waals surface area (Å²) in [6.07, 6.45) is -3.02. The highest BCUT2D eigenvalue weighted by Gasteiger charge is 2.40. The largest absolute Gasteiger partial charge is 0.481 e. The van der Waals surface area contributed by atoms with Gasteiger partial charge in [0, 0.05) is 32.6 Å². The van der Waals surface area contributed by atoms with Crippen molar-refractivity contribution in [3.63, 3.8) is 0 Å². The molecule has 0 radical (unpaired) electrons. The van der Waals surface area contributed by atoms with Crippen molar-refractivity contribution < 1.29 is 23.1 Å². The van der Waals surface area contributed by atoms with E-state index < -0.39 is 29.0 Å². The fourth-order valence-electron chi connectivity index (χ4n) is 6.34. The Morgan fingerprint density at radius 2 is 1.83 bits per heavy atom. The molecular weight excluding hydrogens is 539 g/mol. The van der Waals surface area contributed by atoms with Gasteiger partial charge in [-0.15, -0.1) is 0 Å². The predicted octanol–water partition coefficient (Wildman–Crippen LogP) is 7.99. The van der Waals surface area contributed by atoms with Gasteiger partial charge in [-0.05, 0) is 105 Å². The molecule has 4 rings (SSSR count). The molecule has 8 heteroatoms. The van der Waals surface area contributed by atoms with Crippen LogP contribution in [0.1, 0.15) is 77.6 Å². The topological polar surface area (TPSA) is 64.6 Å². The van der Waals surface area contributed by atoms with Gasteiger partial charge in [-0.2, -0.15) is 13.2 Å². The van der Waals surface area contributed by atoms with E-state index in [2.05, 4.69) is 21.6 Å². The molecule has 0 saturated heterocycles. The number of aliphatic carboxylic acids is 1. The van der Waals surface area contributed by atoms with Gasteiger partial charge >= 0.3 is 12.1 Å². The van der Waals surface area contributed by atoms with Crippen LogP contribution >= 0.6 is 0 Å². The zero-order valence-electron chi connectivity index (χ0n) is 25.4. The standard InChI is InChI=1S/C34H42F3N3O2/c1-7-39-29-16-15-26(22(3)31(29)38-6)30(33(4,5)32(41)42)24-14-13-21(2)25(18-24)19-40-17-9-11-23-10-8-12-28(27(23)20-40)34(35,36)37/h8,10,12-16,18,30,38-39H,7,9,11,17,19-20H2,1-6H3,(H,41,42). The van der Waals surface area contributed by atoms with Gasteiger partial charge in [0.1, 0.15) is 0 Å². The van der Waals surface area contributed by atoms with Gasteiger partial charge in [-0.3, -0.25) is 9.69 Å². The van der Waals surface area contributed by atoms with Crippen LogP contribution in [0.3, 0.4) is 0 Å². The molecule has 3 aromatic carbocycles. The van der Waals surface area contributed by atoms with Crippen LogP contribution in [-0.4, -0.2) is 36.1 Å². The summed E-state index contributed by atoms with van der Waals surface area (Å²) in [5.41, 5.74) is 6.09. The van der Waals surface area contributed by atoms with Gasteiger partial charge in [0.25, 0.3) is 0 Å². The van der Waals surface area contributed by atoms with E-state index in [0.717, 1.165) is 57.7 Å². The third-order valence-corrected chi connectivity index (χ3v) is 8.69. The minimum Gasteiger partial charge on any atom is -0.481 e. The summed E-state index contributed by atoms with van der Waals surface area (Å²) in [6, 6.07) is 14.5. The molecule has 226 valence electrons. The average Bonchev–Trinajstić information content (AvgIpc) is 3.13. The lowest BCUT2D eigenvalue weighted by Gasteiger charge is -2.34. The first-order valence-corrected chi connectivity index (χ1v) is 14.6. The van der Waals surface area contributed by atoms with E-state index in [9.17, 15) is 23.1 Å². The van der Waals surface area contributed by atoms with E-state index in [0.29, 0.717) is 25.1 Å². The molecule has 0 amide bonds. The summed E-state index contributed by atoms with van der Waals surface area (Å²) in [7, 11) is 1.86. The number of carboxylic acids is 1. The van der Waals surface area contributed by atoms with Gasteiger partial charge in [0.05, 0.1) is 22.4 Å². The van der Waals surface area contributed by atoms with Crippen molar-refractivity contribution in [2.24, 2.45) is 5.41 Å². The van der Waals surface area contributed by atoms with Crippen LogP contribution in [0.2, 0.25) is 0 Å². The first-order valence-electron chi connectivity index (χ1n) is 14.6. The zero-order valence-corrected chi connectivity index (χ0v) is 25.4. The number of rotatable bonds is 9. The first kappa shape index (κ1) is 31.4. The van der Waals surface area contributed by atoms with Gasteiger partial charge in [-0.25, -0.2) is 0 Å². The van der Waals surface area contributed by atoms with Crippen molar-refractivity contribution in [1.82, 2.24) is 4.90 Å². The maximum absolute atomic E-state index is 13.9. The van der Waals surface area contributed by atoms with E-state index in [4.69, 9.17) is 0 Å². The molecule has 1 aliphatic heterocycles. The molecule has 0 aromatic heterocycles. The quantitative estimate of drug-likeness (QED) is 0.239. The highest BCUT2D eigenvalue weighted by molar-refractivity contribution is 5.79. The second-order valence-electron chi connectivity index (χ2n) is 11.9. The van der Waals surface area contributed by atoms with Crippen molar-refractivity contribution >= 4 is 17.3 Å². The molecule has 42 heavy (non-hydrogen) atoms. The minimum atomic E-state index is -4.40. The van der Waals surface area contributed by atoms with E-state index in [1.165, 1.54) is 12.1 Å². The molecule has 1 aliphatic rings. The normalized spacial score (nSPS) is 15.1. The number of anilines is 2. The van der Waals surface area contributed by atoms with Gasteiger partial charge in [0.15, 0.2) is 0 Å². The number of halogens is 3. The molecule has 0 aliphatic carbocycles. The first-order chi connectivity index (χ1) is 19.8. The van der Waals surface area contributed by atoms with Crippen molar-refractivity contribution in [3.05, 3.63) is 93.0 Å². The summed E-state index contributed by atoms with van der Waals surface area (Å²) in [6.45, 7) is 11.7. The van der Waals surface area contributed by atoms with Crippen LogP contribution in [0.25, 0.3) is 0 Å². The maximum atomic E-state index is 13.9. The van der Waals surface area contributed by atoms with Gasteiger partial charge < -0.3 is 15.7 Å². The number of nitrogens with zero attached hydrogens (tertiary/aromatic N) is 1. The summed E-state index contributed by atoms with van der Waals surface area (Å²) in [4.78, 5) is 14.7. The number of alkyl halides is 3. The summed E-state index contributed by atoms with van der Waals surface area (Å²) in [5, 5.41) is 17.0. The van der Waals surface area contributed by atoms with E-state index in [1.54, 1.807) is 13.8 Å². The molecule has 0 fully saturated rings. The van der Waals surface area contributed by atoms with E-state index in [-0.39, 0.29) is 6.54 Å². The highest BCUT2D eigenvalue weighted by atomic mass is 19.4. The number of hydrogen-bond donors (Lipinski definition) is 3. The number of carboxylic acid groups (broad SMARTS) is 1. The van der Waals surface area contributed by atoms with Crippen molar-refractivity contribution in [1.29, 1.82) is 0 Å². The third-order valence-electron chi connectivity index (χ3n) is 8.69. The Hall–Kier alpha value is -3.52. The second kappa shape index (κ2) is 12.4. The SMILES string of the molecule is CCNc1ccc(C(c2ccc(C)c(CN3CCCc4cccc(C(F)(F)F)c4C3)c2)C(C)(C)C(=O)O)c(C)c1NC. The van der Waals surface area contributed by atoms with Crippen molar-refractivity contribution in [2.45, 2.75) is 72.6 Å². The lowest BCUT2D eigenvalue weighted by Crippen LogP contribution is -2.33. The summed E-state index contributed by atoms with van der Waals surface area (Å²) in [5.74, 6) is -1.36. The number of hydrogen-bond acceptors (Lipinski definition) is 4. The lowest BCUT2D eigenvalue weighted by molar-refractivity contribution is -0.147. The molecule has 1 heterocycles. The Kier molecular flexibility index (Phi) is 9.26. The fraction of sp³-hybridized carbons (Fsp3) is 0.441. The van der Waals surface area contributed by atoms with Crippen molar-refractivity contribution in [2.75, 3.05) is 30.8 Å². The number of nitrogens with one attached hydrogen (secondary N) is 2. The molecule has 5 nitrogen and oxygen atoms in total. The van der Waals surface area contributed by atoms with Crippen LogP contribution in [0.4, 0.5) is 24.5 Å². The molecule has 0 spiro atoms. The Labute approximate surface area is 247 Å². The van der Waals surface area contributed by atoms with Crippen LogP contribution in [0, 0.1) is 19.3 Å². The van der Waals surface area contributed by atoms with Crippen LogP contribution in [0.15, 0.2) is 48.5 Å². The van der Waals surface area contributed by atoms with Crippen molar-refractivity contribution in [3.8, 4) is 0 Å². The van der Waals surface area contributed by atoms with Crippen LogP contribution in [0.5, 0.6) is 0 Å². The van der Waals surface area contributed by atoms with E-state index >= 15 is 0 Å². The maximum Gasteiger partial charge on any atom is 0.416 e. The molecule has 0 bridgehead atoms. The summed E-state index contributed by atoms with van der Waals surface area (Å²) < 4.78 is 41.7. The Morgan fingerprint density at radius 1 is 1.10 bits per heavy atom. The number of aryl methyl sites for hydroxylation is 2. The molecule has 1 unspecified atom stereocenters. The number of carbonyl (C=O) groups is 1. The monoisotopic (exact) mass is 581 g/mol. The smallest absolute Gasteiger partial charge is 0.416 e. The average molecular weight is 582 g/mol. The van der Waals surface area contributed by atoms with E-state index in [1.807, 2.05) is 58.2 Å². The number of benzene rings is 3. The minimum absolute atomic E-state index is 0.218. The predicted molar refractivity (Wildman–Crippen MR) is 163 cm³/mol. The fourth-order valence-corrected chi connectivity index (χ4v) is 6.34. The van der Waals surface area contributed by atoms with Crippen LogP contribution < -0.4 is 10.6 Å². The molecule has 1 atom stereocenters. The molecular formula is C34H42F3N3O2. The highest BCUT2D eigenvalue weighted by Crippen LogP contribution is 2.45. The zero-order chi connectivity index (χ0) is 30.8. The Bertz CT molecular complexity index is 1450. The third kappa shape index (κ3) is 6.28. The number of fused-ring (bicyclic) bond motifs is 1. The molecule has 3 N–H and O–H groups in total. The van der Waals surface area contributed by atoms with Gasteiger partial charge in [0.2, 0.25) is 0 Å². The van der Waals surface area contributed by atoms with Gasteiger partial charge in [-0.1, -0.05) is 36.4 Å². The Morgan fingerprint density at radius 3 is 2.48 bits per heavy atom. The molecule has 3 aromatic rings. The Balaban J connectivity index is 1.77. The van der Waals surface area contributed by atoms with Crippen LogP contribution in [-0.2, 0) is 30.5 Å². The second-order valence-corrected chi connectivity index (χ2v) is 11.9. The molecule has 0 saturated carbocycles.